The maximum absolute atomic E-state index is 10.3. The van der Waals surface area contributed by atoms with E-state index in [1.54, 1.807) is 0 Å². The van der Waals surface area contributed by atoms with Gasteiger partial charge in [0, 0.05) is 59.2 Å². The molecule has 0 aliphatic heterocycles. The zero-order valence-corrected chi connectivity index (χ0v) is 26.2. The van der Waals surface area contributed by atoms with Gasteiger partial charge in [-0.2, -0.15) is 0 Å². The van der Waals surface area contributed by atoms with E-state index in [1.807, 2.05) is 20.8 Å². The molecule has 0 bridgehead atoms. The summed E-state index contributed by atoms with van der Waals surface area (Å²) in [6.45, 7) is 25.1. The maximum Gasteiger partial charge on any atom is 0.303 e. The normalized spacial score (nSPS) is 14.1. The molecule has 0 aliphatic carbocycles. The van der Waals surface area contributed by atoms with Crippen LogP contribution in [0.25, 0.3) is 0 Å². The Morgan fingerprint density at radius 2 is 0.647 bits per heavy atom. The number of carbonyl (C=O) groups is 3. The van der Waals surface area contributed by atoms with Crippen LogP contribution in [0.4, 0.5) is 0 Å². The molecule has 0 radical (unpaired) electrons. The van der Waals surface area contributed by atoms with Crippen LogP contribution < -0.4 is 0 Å². The molecule has 3 unspecified atom stereocenters. The number of hydrogen-bond donors (Lipinski definition) is 3. The van der Waals surface area contributed by atoms with Crippen molar-refractivity contribution in [2.75, 3.05) is 0 Å². The van der Waals surface area contributed by atoms with E-state index in [2.05, 4.69) is 62.3 Å². The quantitative estimate of drug-likeness (QED) is 0.242. The van der Waals surface area contributed by atoms with Crippen LogP contribution in [0.5, 0.6) is 0 Å². The first-order valence-electron chi connectivity index (χ1n) is 12.1. The molecular weight excluding hydrogens is 578 g/mol. The zero-order valence-electron chi connectivity index (χ0n) is 23.9. The Morgan fingerprint density at radius 3 is 0.735 bits per heavy atom. The van der Waals surface area contributed by atoms with Gasteiger partial charge in [-0.05, 0) is 53.3 Å². The zero-order chi connectivity index (χ0) is 27.2. The maximum atomic E-state index is 10.3. The summed E-state index contributed by atoms with van der Waals surface area (Å²) in [5.74, 6) is -1.22. The van der Waals surface area contributed by atoms with E-state index in [1.165, 1.54) is 0 Å². The standard InChI is InChI=1S/3C9H18O2.Gd/c3*1-7(5-8(10)11)6-9(2,3)4;/h3*7H,5-6H2,1-4H3,(H,10,11);. The number of carboxylic acids is 3. The van der Waals surface area contributed by atoms with Crippen LogP contribution in [0.3, 0.4) is 0 Å². The minimum Gasteiger partial charge on any atom is -0.481 e. The molecule has 0 aromatic rings. The number of rotatable bonds is 9. The fourth-order valence-corrected chi connectivity index (χ4v) is 4.25. The Bertz CT molecular complexity index is 486. The van der Waals surface area contributed by atoms with Crippen LogP contribution in [-0.2, 0) is 14.4 Å². The van der Waals surface area contributed by atoms with Crippen molar-refractivity contribution in [2.45, 2.75) is 122 Å². The van der Waals surface area contributed by atoms with Crippen molar-refractivity contribution in [1.82, 2.24) is 0 Å². The Hall–Kier alpha value is -0.265. The largest absolute Gasteiger partial charge is 0.481 e. The molecule has 0 aromatic carbocycles. The first-order valence-corrected chi connectivity index (χ1v) is 12.1. The Morgan fingerprint density at radius 1 is 0.500 bits per heavy atom. The van der Waals surface area contributed by atoms with Crippen molar-refractivity contribution in [3.63, 3.8) is 0 Å². The van der Waals surface area contributed by atoms with Crippen LogP contribution in [0.15, 0.2) is 0 Å². The fraction of sp³-hybridized carbons (Fsp3) is 0.889. The van der Waals surface area contributed by atoms with E-state index in [-0.39, 0.29) is 93.2 Å². The monoisotopic (exact) mass is 632 g/mol. The second-order valence-electron chi connectivity index (χ2n) is 13.4. The van der Waals surface area contributed by atoms with Crippen LogP contribution in [0, 0.1) is 73.9 Å². The number of aliphatic carboxylic acids is 3. The van der Waals surface area contributed by atoms with Gasteiger partial charge in [-0.1, -0.05) is 83.1 Å². The molecule has 0 saturated heterocycles. The molecule has 6 nitrogen and oxygen atoms in total. The molecular formula is C27H54GdO6. The second-order valence-corrected chi connectivity index (χ2v) is 13.4. The van der Waals surface area contributed by atoms with Gasteiger partial charge in [0.2, 0.25) is 0 Å². The summed E-state index contributed by atoms with van der Waals surface area (Å²) >= 11 is 0. The van der Waals surface area contributed by atoms with Crippen molar-refractivity contribution in [1.29, 1.82) is 0 Å². The van der Waals surface area contributed by atoms with Crippen LogP contribution in [0.2, 0.25) is 0 Å². The predicted molar refractivity (Wildman–Crippen MR) is 136 cm³/mol. The van der Waals surface area contributed by atoms with Gasteiger partial charge >= 0.3 is 17.9 Å². The van der Waals surface area contributed by atoms with Crippen molar-refractivity contribution in [3.8, 4) is 0 Å². The minimum atomic E-state index is -0.693. The summed E-state index contributed by atoms with van der Waals surface area (Å²) in [6, 6.07) is 0. The molecule has 0 spiro atoms. The fourth-order valence-electron chi connectivity index (χ4n) is 4.25. The molecule has 0 aliphatic rings. The summed E-state index contributed by atoms with van der Waals surface area (Å²) in [6.07, 6.45) is 3.78. The number of carboxylic acid groups (broad SMARTS) is 3. The number of hydrogen-bond acceptors (Lipinski definition) is 3. The molecule has 0 aromatic heterocycles. The van der Waals surface area contributed by atoms with Gasteiger partial charge in [0.15, 0.2) is 0 Å². The van der Waals surface area contributed by atoms with E-state index < -0.39 is 17.9 Å². The molecule has 0 rings (SSSR count). The molecule has 3 atom stereocenters. The molecule has 0 saturated carbocycles. The average molecular weight is 632 g/mol. The average Bonchev–Trinajstić information content (AvgIpc) is 2.38. The summed E-state index contributed by atoms with van der Waals surface area (Å²) in [7, 11) is 0. The summed E-state index contributed by atoms with van der Waals surface area (Å²) < 4.78 is 0. The van der Waals surface area contributed by atoms with Gasteiger partial charge in [-0.25, -0.2) is 0 Å². The third kappa shape index (κ3) is 41.9. The predicted octanol–water partition coefficient (Wildman–Crippen LogP) is 7.60. The SMILES string of the molecule is CC(CC(=O)O)CC(C)(C)C.CC(CC(=O)O)CC(C)(C)C.CC(CC(=O)O)CC(C)(C)C.[Gd]. The van der Waals surface area contributed by atoms with Crippen molar-refractivity contribution in [2.24, 2.45) is 34.0 Å². The Kier molecular flexibility index (Phi) is 22.8. The van der Waals surface area contributed by atoms with Gasteiger partial charge in [0.05, 0.1) is 0 Å². The molecule has 7 heteroatoms. The van der Waals surface area contributed by atoms with Gasteiger partial charge in [-0.3, -0.25) is 14.4 Å². The first-order chi connectivity index (χ1) is 14.4. The summed E-state index contributed by atoms with van der Waals surface area (Å²) in [5.41, 5.74) is 0.735. The molecule has 0 fully saturated rings. The van der Waals surface area contributed by atoms with E-state index in [0.29, 0.717) is 0 Å². The molecule has 0 heterocycles. The molecule has 0 amide bonds. The topological polar surface area (TPSA) is 112 Å². The smallest absolute Gasteiger partial charge is 0.303 e. The second kappa shape index (κ2) is 18.9. The molecule has 3 N–H and O–H groups in total. The minimum absolute atomic E-state index is 0. The Labute approximate surface area is 241 Å². The first kappa shape index (κ1) is 40.9. The Balaban J connectivity index is -0.000000196. The van der Waals surface area contributed by atoms with Crippen LogP contribution in [0.1, 0.15) is 122 Å². The molecule has 34 heavy (non-hydrogen) atoms. The van der Waals surface area contributed by atoms with Crippen LogP contribution in [-0.4, -0.2) is 33.2 Å². The third-order valence-electron chi connectivity index (χ3n) is 4.45. The summed E-state index contributed by atoms with van der Waals surface area (Å²) in [4.78, 5) is 30.9. The van der Waals surface area contributed by atoms with Gasteiger partial charge in [0.25, 0.3) is 0 Å². The van der Waals surface area contributed by atoms with Crippen molar-refractivity contribution >= 4 is 17.9 Å². The molecule has 206 valence electrons. The van der Waals surface area contributed by atoms with Crippen LogP contribution >= 0.6 is 0 Å². The van der Waals surface area contributed by atoms with Crippen molar-refractivity contribution in [3.05, 3.63) is 0 Å². The van der Waals surface area contributed by atoms with Gasteiger partial charge in [-0.15, -0.1) is 0 Å². The van der Waals surface area contributed by atoms with Gasteiger partial charge < -0.3 is 15.3 Å². The van der Waals surface area contributed by atoms with Crippen molar-refractivity contribution < 1.29 is 69.6 Å². The van der Waals surface area contributed by atoms with E-state index in [4.69, 9.17) is 15.3 Å². The third-order valence-corrected chi connectivity index (χ3v) is 4.45. The van der Waals surface area contributed by atoms with E-state index in [9.17, 15) is 14.4 Å². The summed E-state index contributed by atoms with van der Waals surface area (Å²) in [5, 5.41) is 25.4. The van der Waals surface area contributed by atoms with E-state index in [0.717, 1.165) is 19.3 Å². The van der Waals surface area contributed by atoms with Gasteiger partial charge in [0.1, 0.15) is 0 Å². The van der Waals surface area contributed by atoms with E-state index >= 15 is 0 Å².